The first-order valence-electron chi connectivity index (χ1n) is 6.24. The highest BCUT2D eigenvalue weighted by Crippen LogP contribution is 2.08. The molecule has 0 aliphatic heterocycles. The first-order valence-corrected chi connectivity index (χ1v) is 6.24. The highest BCUT2D eigenvalue weighted by Gasteiger charge is 2.06. The average Bonchev–Trinajstić information content (AvgIpc) is 2.70. The Hall–Kier alpha value is -0.900. The summed E-state index contributed by atoms with van der Waals surface area (Å²) in [6, 6.07) is 0. The quantitative estimate of drug-likeness (QED) is 0.690. The van der Waals surface area contributed by atoms with Gasteiger partial charge in [0.1, 0.15) is 0 Å². The normalized spacial score (nSPS) is 11.2. The Morgan fingerprint density at radius 2 is 2.00 bits per heavy atom. The Kier molecular flexibility index (Phi) is 6.08. The van der Waals surface area contributed by atoms with Crippen LogP contribution in [0, 0.1) is 5.92 Å². The van der Waals surface area contributed by atoms with Crippen molar-refractivity contribution in [1.29, 1.82) is 0 Å². The summed E-state index contributed by atoms with van der Waals surface area (Å²) in [5.41, 5.74) is 5.43. The van der Waals surface area contributed by atoms with E-state index >= 15 is 0 Å². The van der Waals surface area contributed by atoms with Crippen molar-refractivity contribution < 1.29 is 4.52 Å². The van der Waals surface area contributed by atoms with Crippen LogP contribution in [0.2, 0.25) is 0 Å². The summed E-state index contributed by atoms with van der Waals surface area (Å²) in [6.07, 6.45) is 6.22. The van der Waals surface area contributed by atoms with Crippen LogP contribution in [0.25, 0.3) is 0 Å². The summed E-state index contributed by atoms with van der Waals surface area (Å²) >= 11 is 0. The lowest BCUT2D eigenvalue weighted by Gasteiger charge is -1.98. The zero-order chi connectivity index (χ0) is 11.8. The molecule has 16 heavy (non-hydrogen) atoms. The van der Waals surface area contributed by atoms with Crippen molar-refractivity contribution in [1.82, 2.24) is 10.1 Å². The van der Waals surface area contributed by atoms with Gasteiger partial charge in [0, 0.05) is 12.8 Å². The predicted molar refractivity (Wildman–Crippen MR) is 64.1 cm³/mol. The number of aryl methyl sites for hydroxylation is 2. The summed E-state index contributed by atoms with van der Waals surface area (Å²) in [4.78, 5) is 4.37. The molecule has 1 aromatic heterocycles. The lowest BCUT2D eigenvalue weighted by molar-refractivity contribution is 0.367. The molecule has 1 heterocycles. The number of hydrogen-bond acceptors (Lipinski definition) is 4. The average molecular weight is 225 g/mol. The largest absolute Gasteiger partial charge is 0.339 e. The van der Waals surface area contributed by atoms with Gasteiger partial charge in [-0.25, -0.2) is 0 Å². The Morgan fingerprint density at radius 1 is 1.19 bits per heavy atom. The van der Waals surface area contributed by atoms with E-state index in [1.54, 1.807) is 0 Å². The molecule has 0 atom stereocenters. The lowest BCUT2D eigenvalue weighted by Crippen LogP contribution is -1.98. The minimum atomic E-state index is 0.687. The standard InChI is InChI=1S/C12H23N3O/c1-10(2)7-8-11-14-12(16-15-11)6-4-3-5-9-13/h10H,3-9,13H2,1-2H3. The molecule has 0 saturated heterocycles. The van der Waals surface area contributed by atoms with Gasteiger partial charge in [0.15, 0.2) is 5.82 Å². The van der Waals surface area contributed by atoms with Crippen molar-refractivity contribution in [2.45, 2.75) is 52.4 Å². The Bertz CT molecular complexity index is 284. The van der Waals surface area contributed by atoms with Gasteiger partial charge < -0.3 is 10.3 Å². The maximum atomic E-state index is 5.43. The maximum absolute atomic E-state index is 5.43. The van der Waals surface area contributed by atoms with Crippen molar-refractivity contribution in [3.63, 3.8) is 0 Å². The second-order valence-electron chi connectivity index (χ2n) is 4.64. The second kappa shape index (κ2) is 7.39. The van der Waals surface area contributed by atoms with Gasteiger partial charge in [-0.1, -0.05) is 25.4 Å². The third-order valence-corrected chi connectivity index (χ3v) is 2.55. The third kappa shape index (κ3) is 5.26. The SMILES string of the molecule is CC(C)CCc1noc(CCCCCN)n1. The molecule has 0 aromatic carbocycles. The van der Waals surface area contributed by atoms with Crippen LogP contribution in [-0.4, -0.2) is 16.7 Å². The summed E-state index contributed by atoms with van der Waals surface area (Å²) < 4.78 is 5.18. The van der Waals surface area contributed by atoms with Crippen LogP contribution in [0.5, 0.6) is 0 Å². The molecule has 0 spiro atoms. The second-order valence-corrected chi connectivity index (χ2v) is 4.64. The van der Waals surface area contributed by atoms with E-state index < -0.39 is 0 Å². The Morgan fingerprint density at radius 3 is 2.69 bits per heavy atom. The van der Waals surface area contributed by atoms with Gasteiger partial charge >= 0.3 is 0 Å². The fourth-order valence-electron chi connectivity index (χ4n) is 1.51. The first kappa shape index (κ1) is 13.2. The fourth-order valence-corrected chi connectivity index (χ4v) is 1.51. The molecule has 2 N–H and O–H groups in total. The molecule has 0 saturated carbocycles. The van der Waals surface area contributed by atoms with Crippen molar-refractivity contribution in [3.8, 4) is 0 Å². The number of rotatable bonds is 8. The number of nitrogens with zero attached hydrogens (tertiary/aromatic N) is 2. The van der Waals surface area contributed by atoms with E-state index in [1.165, 1.54) is 0 Å². The van der Waals surface area contributed by atoms with Crippen LogP contribution in [0.3, 0.4) is 0 Å². The molecule has 1 aromatic rings. The smallest absolute Gasteiger partial charge is 0.226 e. The van der Waals surface area contributed by atoms with Crippen LogP contribution in [0.15, 0.2) is 4.52 Å². The maximum Gasteiger partial charge on any atom is 0.226 e. The van der Waals surface area contributed by atoms with Crippen molar-refractivity contribution >= 4 is 0 Å². The van der Waals surface area contributed by atoms with Gasteiger partial charge in [0.2, 0.25) is 5.89 Å². The van der Waals surface area contributed by atoms with Gasteiger partial charge in [-0.2, -0.15) is 4.98 Å². The van der Waals surface area contributed by atoms with Crippen LogP contribution < -0.4 is 5.73 Å². The zero-order valence-electron chi connectivity index (χ0n) is 10.4. The molecular formula is C12H23N3O. The number of nitrogens with two attached hydrogens (primary N) is 1. The fraction of sp³-hybridized carbons (Fsp3) is 0.833. The van der Waals surface area contributed by atoms with E-state index in [1.807, 2.05) is 0 Å². The summed E-state index contributed by atoms with van der Waals surface area (Å²) in [5.74, 6) is 2.31. The molecule has 0 radical (unpaired) electrons. The molecule has 0 aliphatic rings. The first-order chi connectivity index (χ1) is 7.72. The summed E-state index contributed by atoms with van der Waals surface area (Å²) in [7, 11) is 0. The molecule has 0 amide bonds. The highest BCUT2D eigenvalue weighted by atomic mass is 16.5. The number of unbranched alkanes of at least 4 members (excludes halogenated alkanes) is 2. The van der Waals surface area contributed by atoms with Crippen LogP contribution >= 0.6 is 0 Å². The van der Waals surface area contributed by atoms with Crippen molar-refractivity contribution in [2.24, 2.45) is 11.7 Å². The molecule has 4 nitrogen and oxygen atoms in total. The number of aromatic nitrogens is 2. The highest BCUT2D eigenvalue weighted by molar-refractivity contribution is 4.86. The zero-order valence-corrected chi connectivity index (χ0v) is 10.4. The van der Waals surface area contributed by atoms with Gasteiger partial charge in [0.25, 0.3) is 0 Å². The molecule has 0 unspecified atom stereocenters. The Balaban J connectivity index is 2.22. The van der Waals surface area contributed by atoms with Crippen LogP contribution in [0.4, 0.5) is 0 Å². The lowest BCUT2D eigenvalue weighted by atomic mass is 10.1. The summed E-state index contributed by atoms with van der Waals surface area (Å²) in [5, 5.41) is 3.98. The topological polar surface area (TPSA) is 64.9 Å². The van der Waals surface area contributed by atoms with E-state index in [4.69, 9.17) is 10.3 Å². The summed E-state index contributed by atoms with van der Waals surface area (Å²) in [6.45, 7) is 5.17. The predicted octanol–water partition coefficient (Wildman–Crippen LogP) is 2.33. The van der Waals surface area contributed by atoms with Gasteiger partial charge in [-0.05, 0) is 31.7 Å². The number of hydrogen-bond donors (Lipinski definition) is 1. The van der Waals surface area contributed by atoms with E-state index in [0.717, 1.165) is 56.8 Å². The monoisotopic (exact) mass is 225 g/mol. The van der Waals surface area contributed by atoms with Gasteiger partial charge in [-0.15, -0.1) is 0 Å². The molecule has 92 valence electrons. The molecule has 0 fully saturated rings. The van der Waals surface area contributed by atoms with Crippen LogP contribution in [0.1, 0.15) is 51.2 Å². The van der Waals surface area contributed by atoms with E-state index in [-0.39, 0.29) is 0 Å². The minimum absolute atomic E-state index is 0.687. The molecule has 0 aliphatic carbocycles. The van der Waals surface area contributed by atoms with Crippen molar-refractivity contribution in [2.75, 3.05) is 6.54 Å². The van der Waals surface area contributed by atoms with E-state index in [0.29, 0.717) is 5.92 Å². The molecule has 4 heteroatoms. The van der Waals surface area contributed by atoms with E-state index in [2.05, 4.69) is 24.0 Å². The molecule has 1 rings (SSSR count). The van der Waals surface area contributed by atoms with E-state index in [9.17, 15) is 0 Å². The van der Waals surface area contributed by atoms with Crippen molar-refractivity contribution in [3.05, 3.63) is 11.7 Å². The molecular weight excluding hydrogens is 202 g/mol. The van der Waals surface area contributed by atoms with Gasteiger partial charge in [-0.3, -0.25) is 0 Å². The third-order valence-electron chi connectivity index (χ3n) is 2.55. The minimum Gasteiger partial charge on any atom is -0.339 e. The van der Waals surface area contributed by atoms with Gasteiger partial charge in [0.05, 0.1) is 0 Å². The Labute approximate surface area is 97.6 Å². The van der Waals surface area contributed by atoms with Crippen LogP contribution in [-0.2, 0) is 12.8 Å². The molecule has 0 bridgehead atoms.